The van der Waals surface area contributed by atoms with Crippen LogP contribution < -0.4 is 5.32 Å². The van der Waals surface area contributed by atoms with Gasteiger partial charge in [0.2, 0.25) is 0 Å². The Kier molecular flexibility index (Phi) is 5.13. The van der Waals surface area contributed by atoms with E-state index in [1.807, 2.05) is 13.8 Å². The number of nitrogens with one attached hydrogen (secondary N) is 1. The molecule has 0 saturated carbocycles. The Hall–Kier alpha value is -0.970. The Bertz CT molecular complexity index is 598. The first-order valence-corrected chi connectivity index (χ1v) is 7.84. The number of rotatable bonds is 5. The number of thiazole rings is 1. The third-order valence-electron chi connectivity index (χ3n) is 3.07. The van der Waals surface area contributed by atoms with E-state index in [1.165, 1.54) is 6.07 Å². The van der Waals surface area contributed by atoms with Crippen molar-refractivity contribution >= 4 is 22.9 Å². The predicted molar refractivity (Wildman–Crippen MR) is 83.1 cm³/mol. The van der Waals surface area contributed by atoms with Crippen LogP contribution in [0, 0.1) is 19.7 Å². The van der Waals surface area contributed by atoms with Crippen molar-refractivity contribution in [3.05, 3.63) is 50.2 Å². The van der Waals surface area contributed by atoms with Gasteiger partial charge in [0.1, 0.15) is 5.82 Å². The Labute approximate surface area is 128 Å². The monoisotopic (exact) mass is 312 g/mol. The molecule has 1 heterocycles. The molecule has 5 heteroatoms. The number of nitrogens with zero attached hydrogens (tertiary/aromatic N) is 1. The highest BCUT2D eigenvalue weighted by Crippen LogP contribution is 2.32. The smallest absolute Gasteiger partial charge is 0.129 e. The maximum absolute atomic E-state index is 14.2. The Morgan fingerprint density at radius 2 is 2.15 bits per heavy atom. The Morgan fingerprint density at radius 1 is 1.40 bits per heavy atom. The molecule has 20 heavy (non-hydrogen) atoms. The number of aryl methyl sites for hydroxylation is 2. The van der Waals surface area contributed by atoms with Crippen molar-refractivity contribution in [2.45, 2.75) is 33.2 Å². The van der Waals surface area contributed by atoms with Crippen LogP contribution in [0.3, 0.4) is 0 Å². The van der Waals surface area contributed by atoms with E-state index in [-0.39, 0.29) is 11.9 Å². The van der Waals surface area contributed by atoms with Crippen LogP contribution in [0.5, 0.6) is 0 Å². The van der Waals surface area contributed by atoms with Crippen molar-refractivity contribution < 1.29 is 4.39 Å². The van der Waals surface area contributed by atoms with Gasteiger partial charge in [-0.1, -0.05) is 24.6 Å². The van der Waals surface area contributed by atoms with Gasteiger partial charge in [0.15, 0.2) is 0 Å². The summed E-state index contributed by atoms with van der Waals surface area (Å²) in [4.78, 5) is 5.51. The van der Waals surface area contributed by atoms with Crippen LogP contribution in [0.1, 0.15) is 40.5 Å². The van der Waals surface area contributed by atoms with E-state index >= 15 is 0 Å². The molecule has 0 bridgehead atoms. The summed E-state index contributed by atoms with van der Waals surface area (Å²) in [5, 5.41) is 4.81. The van der Waals surface area contributed by atoms with Gasteiger partial charge in [-0.25, -0.2) is 9.37 Å². The molecule has 0 aliphatic rings. The zero-order valence-electron chi connectivity index (χ0n) is 11.8. The van der Waals surface area contributed by atoms with Crippen LogP contribution in [-0.4, -0.2) is 11.5 Å². The molecule has 1 N–H and O–H groups in total. The zero-order chi connectivity index (χ0) is 14.7. The fourth-order valence-electron chi connectivity index (χ4n) is 2.18. The summed E-state index contributed by atoms with van der Waals surface area (Å²) >= 11 is 7.44. The molecule has 2 aromatic rings. The largest absolute Gasteiger partial charge is 0.305 e. The number of aromatic nitrogens is 1. The van der Waals surface area contributed by atoms with Crippen LogP contribution in [-0.2, 0) is 0 Å². The standard InChI is InChI=1S/C15H18ClFN2S/c1-4-7-18-14(15-9(2)19-10(3)20-15)12-6-5-11(16)8-13(12)17/h5-6,8,14,18H,4,7H2,1-3H3. The van der Waals surface area contributed by atoms with Gasteiger partial charge in [-0.15, -0.1) is 11.3 Å². The lowest BCUT2D eigenvalue weighted by atomic mass is 10.0. The first-order valence-electron chi connectivity index (χ1n) is 6.65. The minimum Gasteiger partial charge on any atom is -0.305 e. The molecular formula is C15H18ClFN2S. The van der Waals surface area contributed by atoms with E-state index in [2.05, 4.69) is 17.2 Å². The summed E-state index contributed by atoms with van der Waals surface area (Å²) in [6.07, 6.45) is 0.989. The summed E-state index contributed by atoms with van der Waals surface area (Å²) in [5.74, 6) is -0.281. The highest BCUT2D eigenvalue weighted by Gasteiger charge is 2.22. The molecule has 2 rings (SSSR count). The van der Waals surface area contributed by atoms with Gasteiger partial charge in [0.25, 0.3) is 0 Å². The van der Waals surface area contributed by atoms with Gasteiger partial charge in [-0.3, -0.25) is 0 Å². The second-order valence-electron chi connectivity index (χ2n) is 4.74. The van der Waals surface area contributed by atoms with Crippen molar-refractivity contribution in [3.8, 4) is 0 Å². The minimum atomic E-state index is -0.281. The molecule has 0 radical (unpaired) electrons. The van der Waals surface area contributed by atoms with Crippen molar-refractivity contribution in [2.75, 3.05) is 6.54 Å². The highest BCUT2D eigenvalue weighted by atomic mass is 35.5. The molecule has 0 spiro atoms. The first kappa shape index (κ1) is 15.4. The lowest BCUT2D eigenvalue weighted by Crippen LogP contribution is -2.24. The predicted octanol–water partition coefficient (Wildman–Crippen LogP) is 4.64. The number of halogens is 2. The summed E-state index contributed by atoms with van der Waals surface area (Å²) in [6, 6.07) is 4.67. The van der Waals surface area contributed by atoms with E-state index in [0.29, 0.717) is 10.6 Å². The molecule has 1 aromatic heterocycles. The fourth-order valence-corrected chi connectivity index (χ4v) is 3.36. The quantitative estimate of drug-likeness (QED) is 0.870. The molecule has 1 aromatic carbocycles. The second-order valence-corrected chi connectivity index (χ2v) is 6.41. The number of hydrogen-bond acceptors (Lipinski definition) is 3. The van der Waals surface area contributed by atoms with Crippen molar-refractivity contribution in [1.82, 2.24) is 10.3 Å². The molecule has 2 nitrogen and oxygen atoms in total. The van der Waals surface area contributed by atoms with Crippen molar-refractivity contribution in [3.63, 3.8) is 0 Å². The van der Waals surface area contributed by atoms with Crippen LogP contribution in [0.25, 0.3) is 0 Å². The van der Waals surface area contributed by atoms with E-state index in [9.17, 15) is 4.39 Å². The van der Waals surface area contributed by atoms with Crippen LogP contribution >= 0.6 is 22.9 Å². The van der Waals surface area contributed by atoms with Crippen molar-refractivity contribution in [2.24, 2.45) is 0 Å². The van der Waals surface area contributed by atoms with Crippen molar-refractivity contribution in [1.29, 1.82) is 0 Å². The van der Waals surface area contributed by atoms with Crippen LogP contribution in [0.4, 0.5) is 4.39 Å². The molecule has 0 aliphatic heterocycles. The average Bonchev–Trinajstić information content (AvgIpc) is 2.71. The van der Waals surface area contributed by atoms with E-state index in [1.54, 1.807) is 23.5 Å². The van der Waals surface area contributed by atoms with Crippen LogP contribution in [0.2, 0.25) is 5.02 Å². The minimum absolute atomic E-state index is 0.168. The second kappa shape index (κ2) is 6.66. The molecule has 108 valence electrons. The molecule has 0 saturated heterocycles. The number of benzene rings is 1. The van der Waals surface area contributed by atoms with Gasteiger partial charge in [0.05, 0.1) is 16.7 Å². The first-order chi connectivity index (χ1) is 9.52. The Morgan fingerprint density at radius 3 is 2.70 bits per heavy atom. The lowest BCUT2D eigenvalue weighted by Gasteiger charge is -2.19. The topological polar surface area (TPSA) is 24.9 Å². The summed E-state index contributed by atoms with van der Waals surface area (Å²) in [5.41, 5.74) is 1.57. The number of hydrogen-bond donors (Lipinski definition) is 1. The third-order valence-corrected chi connectivity index (χ3v) is 4.45. The van der Waals surface area contributed by atoms with Gasteiger partial charge in [-0.05, 0) is 38.9 Å². The van der Waals surface area contributed by atoms with E-state index < -0.39 is 0 Å². The zero-order valence-corrected chi connectivity index (χ0v) is 13.4. The molecule has 0 fully saturated rings. The van der Waals surface area contributed by atoms with E-state index in [0.717, 1.165) is 28.5 Å². The summed E-state index contributed by atoms with van der Waals surface area (Å²) < 4.78 is 14.2. The van der Waals surface area contributed by atoms with Gasteiger partial charge >= 0.3 is 0 Å². The highest BCUT2D eigenvalue weighted by molar-refractivity contribution is 7.11. The molecule has 1 atom stereocenters. The van der Waals surface area contributed by atoms with E-state index in [4.69, 9.17) is 11.6 Å². The summed E-state index contributed by atoms with van der Waals surface area (Å²) in [6.45, 7) is 6.85. The fraction of sp³-hybridized carbons (Fsp3) is 0.400. The van der Waals surface area contributed by atoms with Gasteiger partial charge in [0, 0.05) is 15.5 Å². The Balaban J connectivity index is 2.44. The average molecular weight is 313 g/mol. The molecule has 1 unspecified atom stereocenters. The van der Waals surface area contributed by atoms with Gasteiger partial charge in [-0.2, -0.15) is 0 Å². The SMILES string of the molecule is CCCNC(c1ccc(Cl)cc1F)c1sc(C)nc1C. The summed E-state index contributed by atoms with van der Waals surface area (Å²) in [7, 11) is 0. The third kappa shape index (κ3) is 3.37. The molecule has 0 amide bonds. The van der Waals surface area contributed by atoms with Gasteiger partial charge < -0.3 is 5.32 Å². The lowest BCUT2D eigenvalue weighted by molar-refractivity contribution is 0.549. The normalized spacial score (nSPS) is 12.7. The molecular weight excluding hydrogens is 295 g/mol. The molecule has 0 aliphatic carbocycles. The maximum atomic E-state index is 14.2. The van der Waals surface area contributed by atoms with Crippen LogP contribution in [0.15, 0.2) is 18.2 Å². The maximum Gasteiger partial charge on any atom is 0.129 e.